The lowest BCUT2D eigenvalue weighted by Crippen LogP contribution is -2.27. The lowest BCUT2D eigenvalue weighted by Gasteiger charge is -2.18. The summed E-state index contributed by atoms with van der Waals surface area (Å²) >= 11 is 0. The summed E-state index contributed by atoms with van der Waals surface area (Å²) in [7, 11) is 0. The molecule has 0 saturated carbocycles. The maximum Gasteiger partial charge on any atom is 0.253 e. The van der Waals surface area contributed by atoms with Gasteiger partial charge in [-0.25, -0.2) is 0 Å². The van der Waals surface area contributed by atoms with Crippen molar-refractivity contribution >= 4 is 5.91 Å². The first-order valence-corrected chi connectivity index (χ1v) is 8.77. The van der Waals surface area contributed by atoms with Gasteiger partial charge in [-0.05, 0) is 62.1 Å². The molecule has 0 spiro atoms. The minimum Gasteiger partial charge on any atom is -0.489 e. The normalized spacial score (nSPS) is 14.6. The maximum absolute atomic E-state index is 12.3. The SMILES string of the molecule is CC(C)(O)c1ccc(OCc2ccc(C(=O)N3CCCC3)cc2)cc1. The quantitative estimate of drug-likeness (QED) is 0.903. The Bertz CT molecular complexity index is 708. The molecule has 0 aromatic heterocycles. The molecule has 1 aliphatic rings. The molecule has 25 heavy (non-hydrogen) atoms. The zero-order chi connectivity index (χ0) is 17.9. The predicted molar refractivity (Wildman–Crippen MR) is 97.6 cm³/mol. The van der Waals surface area contributed by atoms with Gasteiger partial charge in [0.25, 0.3) is 5.91 Å². The van der Waals surface area contributed by atoms with E-state index < -0.39 is 5.60 Å². The van der Waals surface area contributed by atoms with Gasteiger partial charge in [-0.3, -0.25) is 4.79 Å². The van der Waals surface area contributed by atoms with Gasteiger partial charge in [0, 0.05) is 18.7 Å². The lowest BCUT2D eigenvalue weighted by atomic mass is 9.99. The molecule has 4 nitrogen and oxygen atoms in total. The smallest absolute Gasteiger partial charge is 0.253 e. The molecular weight excluding hydrogens is 314 g/mol. The van der Waals surface area contributed by atoms with Crippen molar-refractivity contribution in [1.29, 1.82) is 0 Å². The number of amides is 1. The van der Waals surface area contributed by atoms with Crippen molar-refractivity contribution < 1.29 is 14.6 Å². The van der Waals surface area contributed by atoms with Crippen molar-refractivity contribution in [2.75, 3.05) is 13.1 Å². The van der Waals surface area contributed by atoms with Gasteiger partial charge in [-0.1, -0.05) is 24.3 Å². The van der Waals surface area contributed by atoms with Crippen LogP contribution in [-0.2, 0) is 12.2 Å². The number of carbonyl (C=O) groups excluding carboxylic acids is 1. The van der Waals surface area contributed by atoms with Crippen molar-refractivity contribution in [3.05, 3.63) is 65.2 Å². The second-order valence-electron chi connectivity index (χ2n) is 7.07. The molecule has 2 aromatic carbocycles. The number of nitrogens with zero attached hydrogens (tertiary/aromatic N) is 1. The summed E-state index contributed by atoms with van der Waals surface area (Å²) < 4.78 is 5.78. The summed E-state index contributed by atoms with van der Waals surface area (Å²) in [6.07, 6.45) is 2.20. The van der Waals surface area contributed by atoms with Crippen LogP contribution in [0, 0.1) is 0 Å². The number of aliphatic hydroxyl groups is 1. The topological polar surface area (TPSA) is 49.8 Å². The van der Waals surface area contributed by atoms with Crippen molar-refractivity contribution in [2.24, 2.45) is 0 Å². The average Bonchev–Trinajstić information content (AvgIpc) is 3.14. The highest BCUT2D eigenvalue weighted by Gasteiger charge is 2.19. The molecule has 0 atom stereocenters. The van der Waals surface area contributed by atoms with Gasteiger partial charge >= 0.3 is 0 Å². The second-order valence-corrected chi connectivity index (χ2v) is 7.07. The molecule has 2 aromatic rings. The van der Waals surface area contributed by atoms with Gasteiger partial charge in [-0.2, -0.15) is 0 Å². The molecule has 1 fully saturated rings. The highest BCUT2D eigenvalue weighted by atomic mass is 16.5. The van der Waals surface area contributed by atoms with Crippen LogP contribution in [0.2, 0.25) is 0 Å². The van der Waals surface area contributed by atoms with Crippen molar-refractivity contribution in [2.45, 2.75) is 38.9 Å². The first-order valence-electron chi connectivity index (χ1n) is 8.77. The Morgan fingerprint density at radius 3 is 2.20 bits per heavy atom. The van der Waals surface area contributed by atoms with Crippen LogP contribution < -0.4 is 4.74 Å². The summed E-state index contributed by atoms with van der Waals surface area (Å²) in [6.45, 7) is 5.69. The third-order valence-corrected chi connectivity index (χ3v) is 4.56. The number of hydrogen-bond acceptors (Lipinski definition) is 3. The van der Waals surface area contributed by atoms with Crippen LogP contribution in [0.25, 0.3) is 0 Å². The summed E-state index contributed by atoms with van der Waals surface area (Å²) in [6, 6.07) is 15.1. The zero-order valence-electron chi connectivity index (χ0n) is 14.9. The highest BCUT2D eigenvalue weighted by Crippen LogP contribution is 2.23. The molecular formula is C21H25NO3. The molecule has 1 aliphatic heterocycles. The monoisotopic (exact) mass is 339 g/mol. The van der Waals surface area contributed by atoms with E-state index in [0.717, 1.165) is 48.4 Å². The standard InChI is InChI=1S/C21H25NO3/c1-21(2,24)18-9-11-19(12-10-18)25-15-16-5-7-17(8-6-16)20(23)22-13-3-4-14-22/h5-12,24H,3-4,13-15H2,1-2H3. The third kappa shape index (κ3) is 4.40. The van der Waals surface area contributed by atoms with E-state index in [4.69, 9.17) is 4.74 Å². The van der Waals surface area contributed by atoms with Gasteiger partial charge in [0.1, 0.15) is 12.4 Å². The number of rotatable bonds is 5. The molecule has 4 heteroatoms. The van der Waals surface area contributed by atoms with Crippen LogP contribution in [0.3, 0.4) is 0 Å². The summed E-state index contributed by atoms with van der Waals surface area (Å²) in [4.78, 5) is 14.2. The van der Waals surface area contributed by atoms with Gasteiger partial charge in [-0.15, -0.1) is 0 Å². The number of carbonyl (C=O) groups is 1. The predicted octanol–water partition coefficient (Wildman–Crippen LogP) is 3.73. The van der Waals surface area contributed by atoms with Crippen molar-refractivity contribution in [3.8, 4) is 5.75 Å². The molecule has 1 amide bonds. The Hall–Kier alpha value is -2.33. The van der Waals surface area contributed by atoms with E-state index in [1.165, 1.54) is 0 Å². The molecule has 132 valence electrons. The average molecular weight is 339 g/mol. The molecule has 0 radical (unpaired) electrons. The Labute approximate surface area is 149 Å². The zero-order valence-corrected chi connectivity index (χ0v) is 14.9. The van der Waals surface area contributed by atoms with Crippen molar-refractivity contribution in [3.63, 3.8) is 0 Å². The number of ether oxygens (including phenoxy) is 1. The van der Waals surface area contributed by atoms with E-state index in [1.807, 2.05) is 53.4 Å². The molecule has 0 bridgehead atoms. The molecule has 1 saturated heterocycles. The molecule has 1 N–H and O–H groups in total. The second kappa shape index (κ2) is 7.28. The largest absolute Gasteiger partial charge is 0.489 e. The Morgan fingerprint density at radius 1 is 1.04 bits per heavy atom. The highest BCUT2D eigenvalue weighted by molar-refractivity contribution is 5.94. The Kier molecular flexibility index (Phi) is 5.09. The van der Waals surface area contributed by atoms with E-state index >= 15 is 0 Å². The van der Waals surface area contributed by atoms with Gasteiger partial charge in [0.15, 0.2) is 0 Å². The fourth-order valence-electron chi connectivity index (χ4n) is 2.97. The maximum atomic E-state index is 12.3. The van der Waals surface area contributed by atoms with Crippen LogP contribution in [-0.4, -0.2) is 29.0 Å². The van der Waals surface area contributed by atoms with E-state index in [9.17, 15) is 9.90 Å². The molecule has 3 rings (SSSR count). The van der Waals surface area contributed by atoms with E-state index in [-0.39, 0.29) is 5.91 Å². The first kappa shape index (κ1) is 17.5. The molecule has 1 heterocycles. The van der Waals surface area contributed by atoms with E-state index in [0.29, 0.717) is 6.61 Å². The van der Waals surface area contributed by atoms with Gasteiger partial charge in [0.05, 0.1) is 5.60 Å². The fourth-order valence-corrected chi connectivity index (χ4v) is 2.97. The van der Waals surface area contributed by atoms with E-state index in [1.54, 1.807) is 13.8 Å². The summed E-state index contributed by atoms with van der Waals surface area (Å²) in [5.74, 6) is 0.873. The fraction of sp³-hybridized carbons (Fsp3) is 0.381. The minimum absolute atomic E-state index is 0.118. The number of hydrogen-bond donors (Lipinski definition) is 1. The van der Waals surface area contributed by atoms with Gasteiger partial charge < -0.3 is 14.7 Å². The number of likely N-dealkylation sites (tertiary alicyclic amines) is 1. The van der Waals surface area contributed by atoms with Crippen molar-refractivity contribution in [1.82, 2.24) is 4.90 Å². The van der Waals surface area contributed by atoms with Crippen LogP contribution in [0.15, 0.2) is 48.5 Å². The Morgan fingerprint density at radius 2 is 1.64 bits per heavy atom. The number of benzene rings is 2. The van der Waals surface area contributed by atoms with Crippen LogP contribution in [0.5, 0.6) is 5.75 Å². The van der Waals surface area contributed by atoms with Gasteiger partial charge in [0.2, 0.25) is 0 Å². The summed E-state index contributed by atoms with van der Waals surface area (Å²) in [5, 5.41) is 9.97. The van der Waals surface area contributed by atoms with E-state index in [2.05, 4.69) is 0 Å². The minimum atomic E-state index is -0.851. The van der Waals surface area contributed by atoms with Crippen LogP contribution in [0.1, 0.15) is 48.2 Å². The summed E-state index contributed by atoms with van der Waals surface area (Å²) in [5.41, 5.74) is 1.75. The Balaban J connectivity index is 1.57. The molecule has 0 unspecified atom stereocenters. The van der Waals surface area contributed by atoms with Crippen LogP contribution in [0.4, 0.5) is 0 Å². The molecule has 0 aliphatic carbocycles. The lowest BCUT2D eigenvalue weighted by molar-refractivity contribution is 0.0781. The third-order valence-electron chi connectivity index (χ3n) is 4.56. The van der Waals surface area contributed by atoms with Crippen LogP contribution >= 0.6 is 0 Å². The first-order chi connectivity index (χ1) is 11.9.